The van der Waals surface area contributed by atoms with Gasteiger partial charge in [0.25, 0.3) is 0 Å². The van der Waals surface area contributed by atoms with Crippen LogP contribution in [0.25, 0.3) is 0 Å². The number of carbonyl (C=O) groups excluding carboxylic acids is 1. The van der Waals surface area contributed by atoms with Gasteiger partial charge >= 0.3 is 0 Å². The summed E-state index contributed by atoms with van der Waals surface area (Å²) >= 11 is 0. The summed E-state index contributed by atoms with van der Waals surface area (Å²) < 4.78 is 0. The van der Waals surface area contributed by atoms with Crippen LogP contribution < -0.4 is 5.32 Å². The molecule has 0 spiro atoms. The molecule has 2 rings (SSSR count). The fourth-order valence-corrected chi connectivity index (χ4v) is 3.06. The minimum Gasteiger partial charge on any atom is -0.324 e. The number of rotatable bonds is 4. The van der Waals surface area contributed by atoms with Crippen LogP contribution in [0.4, 0.5) is 5.69 Å². The second kappa shape index (κ2) is 6.89. The van der Waals surface area contributed by atoms with Gasteiger partial charge in [0.15, 0.2) is 0 Å². The maximum absolute atomic E-state index is 12.6. The molecule has 1 saturated heterocycles. The standard InChI is InChI=1S/C17H26N2O/c1-4-15(19-11-6-5-7-12-19)17(20)18-16-13(2)9-8-10-14(16)3/h8-10,15H,4-7,11-12H2,1-3H3,(H,18,20). The van der Waals surface area contributed by atoms with Crippen LogP contribution >= 0.6 is 0 Å². The molecule has 0 aliphatic carbocycles. The SMILES string of the molecule is CCC(C(=O)Nc1c(C)cccc1C)N1CCCCC1. The summed E-state index contributed by atoms with van der Waals surface area (Å²) in [6, 6.07) is 6.13. The van der Waals surface area contributed by atoms with E-state index in [-0.39, 0.29) is 11.9 Å². The van der Waals surface area contributed by atoms with Crippen molar-refractivity contribution in [3.63, 3.8) is 0 Å². The average molecular weight is 274 g/mol. The first kappa shape index (κ1) is 15.0. The third-order valence-electron chi connectivity index (χ3n) is 4.25. The fourth-order valence-electron chi connectivity index (χ4n) is 3.06. The summed E-state index contributed by atoms with van der Waals surface area (Å²) in [5.74, 6) is 0.145. The van der Waals surface area contributed by atoms with E-state index in [0.717, 1.165) is 36.3 Å². The third-order valence-corrected chi connectivity index (χ3v) is 4.25. The molecule has 0 radical (unpaired) electrons. The number of aryl methyl sites for hydroxylation is 2. The van der Waals surface area contributed by atoms with Crippen LogP contribution in [0.15, 0.2) is 18.2 Å². The largest absolute Gasteiger partial charge is 0.324 e. The number of amides is 1. The van der Waals surface area contributed by atoms with Crippen molar-refractivity contribution in [3.05, 3.63) is 29.3 Å². The fraction of sp³-hybridized carbons (Fsp3) is 0.588. The molecular weight excluding hydrogens is 248 g/mol. The lowest BCUT2D eigenvalue weighted by atomic mass is 10.0. The molecule has 110 valence electrons. The summed E-state index contributed by atoms with van der Waals surface area (Å²) in [5, 5.41) is 3.15. The van der Waals surface area contributed by atoms with Crippen molar-refractivity contribution in [1.29, 1.82) is 0 Å². The molecular formula is C17H26N2O. The van der Waals surface area contributed by atoms with Gasteiger partial charge in [-0.25, -0.2) is 0 Å². The molecule has 0 aromatic heterocycles. The number of anilines is 1. The van der Waals surface area contributed by atoms with E-state index in [0.29, 0.717) is 0 Å². The van der Waals surface area contributed by atoms with E-state index in [4.69, 9.17) is 0 Å². The van der Waals surface area contributed by atoms with Crippen LogP contribution in [0, 0.1) is 13.8 Å². The van der Waals surface area contributed by atoms with Gasteiger partial charge < -0.3 is 5.32 Å². The highest BCUT2D eigenvalue weighted by Gasteiger charge is 2.25. The Morgan fingerprint density at radius 1 is 1.20 bits per heavy atom. The Hall–Kier alpha value is -1.35. The Balaban J connectivity index is 2.09. The molecule has 1 aromatic carbocycles. The lowest BCUT2D eigenvalue weighted by Gasteiger charge is -2.33. The molecule has 1 amide bonds. The number of piperidine rings is 1. The smallest absolute Gasteiger partial charge is 0.241 e. The van der Waals surface area contributed by atoms with Crippen LogP contribution in [0.2, 0.25) is 0 Å². The van der Waals surface area contributed by atoms with E-state index >= 15 is 0 Å². The number of hydrogen-bond acceptors (Lipinski definition) is 2. The first-order chi connectivity index (χ1) is 9.63. The Morgan fingerprint density at radius 2 is 1.80 bits per heavy atom. The molecule has 1 aliphatic heterocycles. The predicted molar refractivity (Wildman–Crippen MR) is 84.0 cm³/mol. The van der Waals surface area contributed by atoms with Gasteiger partial charge in [-0.2, -0.15) is 0 Å². The van der Waals surface area contributed by atoms with Gasteiger partial charge in [-0.1, -0.05) is 31.5 Å². The number of carbonyl (C=O) groups is 1. The molecule has 3 nitrogen and oxygen atoms in total. The number of hydrogen-bond donors (Lipinski definition) is 1. The monoisotopic (exact) mass is 274 g/mol. The normalized spacial score (nSPS) is 17.8. The predicted octanol–water partition coefficient (Wildman–Crippen LogP) is 3.51. The Bertz CT molecular complexity index is 444. The van der Waals surface area contributed by atoms with E-state index in [1.165, 1.54) is 19.3 Å². The van der Waals surface area contributed by atoms with Gasteiger partial charge in [0.2, 0.25) is 5.91 Å². The lowest BCUT2D eigenvalue weighted by molar-refractivity contribution is -0.121. The van der Waals surface area contributed by atoms with Crippen molar-refractivity contribution in [2.75, 3.05) is 18.4 Å². The third kappa shape index (κ3) is 3.40. The second-order valence-electron chi connectivity index (χ2n) is 5.78. The molecule has 1 atom stereocenters. The Kier molecular flexibility index (Phi) is 5.18. The quantitative estimate of drug-likeness (QED) is 0.911. The van der Waals surface area contributed by atoms with Crippen LogP contribution in [-0.2, 0) is 4.79 Å². The highest BCUT2D eigenvalue weighted by atomic mass is 16.2. The van der Waals surface area contributed by atoms with Gasteiger partial charge in [-0.05, 0) is 57.3 Å². The summed E-state index contributed by atoms with van der Waals surface area (Å²) in [4.78, 5) is 14.9. The van der Waals surface area contributed by atoms with E-state index in [1.807, 2.05) is 32.0 Å². The Labute approximate surface area is 122 Å². The number of para-hydroxylation sites is 1. The van der Waals surface area contributed by atoms with Crippen LogP contribution in [0.3, 0.4) is 0 Å². The maximum atomic E-state index is 12.6. The zero-order valence-corrected chi connectivity index (χ0v) is 12.9. The van der Waals surface area contributed by atoms with Gasteiger partial charge in [-0.3, -0.25) is 9.69 Å². The van der Waals surface area contributed by atoms with Gasteiger partial charge in [-0.15, -0.1) is 0 Å². The van der Waals surface area contributed by atoms with Crippen molar-refractivity contribution in [2.45, 2.75) is 52.5 Å². The van der Waals surface area contributed by atoms with E-state index in [9.17, 15) is 4.79 Å². The highest BCUT2D eigenvalue weighted by Crippen LogP contribution is 2.21. The molecule has 0 saturated carbocycles. The van der Waals surface area contributed by atoms with Crippen LogP contribution in [-0.4, -0.2) is 29.9 Å². The number of likely N-dealkylation sites (tertiary alicyclic amines) is 1. The van der Waals surface area contributed by atoms with Gasteiger partial charge in [0.1, 0.15) is 0 Å². The summed E-state index contributed by atoms with van der Waals surface area (Å²) in [6.07, 6.45) is 4.60. The van der Waals surface area contributed by atoms with E-state index in [2.05, 4.69) is 17.1 Å². The molecule has 0 bridgehead atoms. The van der Waals surface area contributed by atoms with Crippen LogP contribution in [0.1, 0.15) is 43.7 Å². The molecule has 1 aliphatic rings. The highest BCUT2D eigenvalue weighted by molar-refractivity contribution is 5.96. The average Bonchev–Trinajstić information content (AvgIpc) is 2.45. The first-order valence-corrected chi connectivity index (χ1v) is 7.74. The lowest BCUT2D eigenvalue weighted by Crippen LogP contribution is -2.46. The van der Waals surface area contributed by atoms with Crippen molar-refractivity contribution in [1.82, 2.24) is 4.90 Å². The zero-order valence-electron chi connectivity index (χ0n) is 12.9. The summed E-state index contributed by atoms with van der Waals surface area (Å²) in [7, 11) is 0. The molecule has 1 aromatic rings. The summed E-state index contributed by atoms with van der Waals surface area (Å²) in [6.45, 7) is 8.30. The summed E-state index contributed by atoms with van der Waals surface area (Å²) in [5.41, 5.74) is 3.24. The number of benzene rings is 1. The van der Waals surface area contributed by atoms with Gasteiger partial charge in [0, 0.05) is 5.69 Å². The van der Waals surface area contributed by atoms with E-state index in [1.54, 1.807) is 0 Å². The van der Waals surface area contributed by atoms with Gasteiger partial charge in [0.05, 0.1) is 6.04 Å². The van der Waals surface area contributed by atoms with Crippen molar-refractivity contribution in [3.8, 4) is 0 Å². The topological polar surface area (TPSA) is 32.3 Å². The molecule has 3 heteroatoms. The number of nitrogens with one attached hydrogen (secondary N) is 1. The molecule has 1 N–H and O–H groups in total. The van der Waals surface area contributed by atoms with Crippen molar-refractivity contribution >= 4 is 11.6 Å². The first-order valence-electron chi connectivity index (χ1n) is 7.74. The van der Waals surface area contributed by atoms with E-state index < -0.39 is 0 Å². The zero-order chi connectivity index (χ0) is 14.5. The molecule has 20 heavy (non-hydrogen) atoms. The van der Waals surface area contributed by atoms with Crippen molar-refractivity contribution < 1.29 is 4.79 Å². The minimum atomic E-state index is 0.00862. The molecule has 1 unspecified atom stereocenters. The Morgan fingerprint density at radius 3 is 2.35 bits per heavy atom. The maximum Gasteiger partial charge on any atom is 0.241 e. The van der Waals surface area contributed by atoms with Crippen molar-refractivity contribution in [2.24, 2.45) is 0 Å². The molecule has 1 heterocycles. The second-order valence-corrected chi connectivity index (χ2v) is 5.78. The van der Waals surface area contributed by atoms with Crippen LogP contribution in [0.5, 0.6) is 0 Å². The number of nitrogens with zero attached hydrogens (tertiary/aromatic N) is 1. The minimum absolute atomic E-state index is 0.00862. The molecule has 1 fully saturated rings.